The van der Waals surface area contributed by atoms with Crippen LogP contribution >= 0.6 is 23.3 Å². The SMILES string of the molecule is CC(C)(O/N=C(\C(=O)C[C@@H]1C(=O)N2C(C(=O)[O-])=C(C[n+]3ccccc3)CS[C@H]12)c1nsc(N)n1)C(=O)O. The number of Topliss-reactive ketones (excluding diaryl/α,β-unsaturated/α-hetero) is 1. The molecule has 1 amide bonds. The number of carbonyl (C=O) groups excluding carboxylic acids is 3. The predicted molar refractivity (Wildman–Crippen MR) is 129 cm³/mol. The van der Waals surface area contributed by atoms with E-state index < -0.39 is 40.5 Å². The van der Waals surface area contributed by atoms with E-state index in [2.05, 4.69) is 14.5 Å². The number of nitrogens with two attached hydrogens (primary N) is 1. The summed E-state index contributed by atoms with van der Waals surface area (Å²) in [6, 6.07) is 5.44. The Labute approximate surface area is 218 Å². The second-order valence-corrected chi connectivity index (χ2v) is 10.6. The Bertz CT molecular complexity index is 1320. The lowest BCUT2D eigenvalue weighted by atomic mass is 9.89. The molecule has 194 valence electrons. The summed E-state index contributed by atoms with van der Waals surface area (Å²) in [4.78, 5) is 59.7. The molecule has 4 heterocycles. The number of pyridine rings is 1. The van der Waals surface area contributed by atoms with Gasteiger partial charge in [0.1, 0.15) is 0 Å². The van der Waals surface area contributed by atoms with Gasteiger partial charge >= 0.3 is 5.97 Å². The highest BCUT2D eigenvalue weighted by molar-refractivity contribution is 8.00. The Morgan fingerprint density at radius 1 is 1.32 bits per heavy atom. The van der Waals surface area contributed by atoms with E-state index in [-0.39, 0.29) is 35.3 Å². The highest BCUT2D eigenvalue weighted by Crippen LogP contribution is 2.45. The molecule has 2 aliphatic heterocycles. The van der Waals surface area contributed by atoms with Gasteiger partial charge in [-0.3, -0.25) is 14.5 Å². The van der Waals surface area contributed by atoms with E-state index in [1.165, 1.54) is 25.6 Å². The lowest BCUT2D eigenvalue weighted by Crippen LogP contribution is -2.63. The second kappa shape index (κ2) is 10.3. The highest BCUT2D eigenvalue weighted by atomic mass is 32.2. The maximum Gasteiger partial charge on any atom is 0.350 e. The van der Waals surface area contributed by atoms with Gasteiger partial charge < -0.3 is 25.6 Å². The lowest BCUT2D eigenvalue weighted by molar-refractivity contribution is -0.689. The fourth-order valence-corrected chi connectivity index (χ4v) is 5.57. The number of thioether (sulfide) groups is 1. The van der Waals surface area contributed by atoms with Gasteiger partial charge in [-0.2, -0.15) is 9.36 Å². The number of β-lactam (4-membered cyclic amide) rings is 1. The number of hydrogen-bond donors (Lipinski definition) is 2. The van der Waals surface area contributed by atoms with E-state index in [1.54, 1.807) is 29.1 Å². The van der Waals surface area contributed by atoms with Gasteiger partial charge in [0, 0.05) is 41.4 Å². The first-order valence-corrected chi connectivity index (χ1v) is 12.8. The van der Waals surface area contributed by atoms with E-state index in [0.29, 0.717) is 11.3 Å². The first-order chi connectivity index (χ1) is 17.5. The van der Waals surface area contributed by atoms with Crippen molar-refractivity contribution >= 4 is 57.8 Å². The Morgan fingerprint density at radius 2 is 2.03 bits per heavy atom. The van der Waals surface area contributed by atoms with Gasteiger partial charge in [0.15, 0.2) is 35.6 Å². The number of ketones is 1. The van der Waals surface area contributed by atoms with Crippen molar-refractivity contribution in [2.24, 2.45) is 11.1 Å². The molecule has 0 radical (unpaired) electrons. The van der Waals surface area contributed by atoms with Gasteiger partial charge in [-0.25, -0.2) is 9.36 Å². The standard InChI is InChI=1S/C22H22N6O7S2/c1-22(2,20(33)34)35-25-14(16-24-21(23)37-26-16)13(29)8-12-17(30)28-15(19(31)32)11(10-36-18(12)28)9-27-6-4-3-5-7-27/h3-7,12,18H,8-10H2,1-2H3,(H3-,23,24,26,31,32,33,34)/b25-14+/t12-,18-/m1/s1. The van der Waals surface area contributed by atoms with Crippen molar-refractivity contribution in [3.05, 3.63) is 47.7 Å². The number of anilines is 1. The van der Waals surface area contributed by atoms with Crippen LogP contribution in [0.2, 0.25) is 0 Å². The fraction of sp³-hybridized carbons (Fsp3) is 0.364. The Hall–Kier alpha value is -3.85. The summed E-state index contributed by atoms with van der Waals surface area (Å²) < 4.78 is 5.74. The van der Waals surface area contributed by atoms with E-state index in [1.807, 2.05) is 6.07 Å². The molecule has 0 unspecified atom stereocenters. The molecule has 1 fully saturated rings. The number of carboxylic acid groups (broad SMARTS) is 2. The fourth-order valence-electron chi connectivity index (χ4n) is 3.73. The number of hydrogen-bond acceptors (Lipinski definition) is 12. The predicted octanol–water partition coefficient (Wildman–Crippen LogP) is -0.814. The molecule has 0 spiro atoms. The third-order valence-electron chi connectivity index (χ3n) is 5.70. The summed E-state index contributed by atoms with van der Waals surface area (Å²) >= 11 is 2.14. The molecule has 0 bridgehead atoms. The third-order valence-corrected chi connectivity index (χ3v) is 7.64. The molecule has 15 heteroatoms. The molecule has 2 atom stereocenters. The minimum atomic E-state index is -1.75. The molecular weight excluding hydrogens is 524 g/mol. The van der Waals surface area contributed by atoms with Gasteiger partial charge in [-0.15, -0.1) is 11.8 Å². The summed E-state index contributed by atoms with van der Waals surface area (Å²) in [5, 5.41) is 24.4. The van der Waals surface area contributed by atoms with Crippen LogP contribution in [-0.4, -0.2) is 65.4 Å². The molecule has 37 heavy (non-hydrogen) atoms. The average molecular weight is 547 g/mol. The molecule has 2 aromatic rings. The van der Waals surface area contributed by atoms with Crippen LogP contribution in [0.5, 0.6) is 0 Å². The van der Waals surface area contributed by atoms with E-state index >= 15 is 0 Å². The number of oxime groups is 1. The van der Waals surface area contributed by atoms with Crippen molar-refractivity contribution in [2.45, 2.75) is 37.8 Å². The quantitative estimate of drug-likeness (QED) is 0.164. The molecule has 0 aromatic carbocycles. The number of amides is 1. The van der Waals surface area contributed by atoms with Crippen molar-refractivity contribution in [3.63, 3.8) is 0 Å². The summed E-state index contributed by atoms with van der Waals surface area (Å²) in [6.45, 7) is 2.76. The molecule has 0 aliphatic carbocycles. The summed E-state index contributed by atoms with van der Waals surface area (Å²) in [5.41, 5.74) is 3.81. The number of fused-ring (bicyclic) bond motifs is 1. The van der Waals surface area contributed by atoms with Crippen molar-refractivity contribution in [1.29, 1.82) is 0 Å². The number of rotatable bonds is 10. The normalized spacial score (nSPS) is 19.8. The van der Waals surface area contributed by atoms with Crippen LogP contribution < -0.4 is 15.4 Å². The van der Waals surface area contributed by atoms with Crippen molar-refractivity contribution in [1.82, 2.24) is 14.3 Å². The first-order valence-electron chi connectivity index (χ1n) is 10.9. The van der Waals surface area contributed by atoms with Gasteiger partial charge in [0.25, 0.3) is 0 Å². The maximum absolute atomic E-state index is 13.2. The maximum atomic E-state index is 13.2. The third kappa shape index (κ3) is 5.32. The number of aliphatic carboxylic acids is 2. The van der Waals surface area contributed by atoms with E-state index in [4.69, 9.17) is 10.6 Å². The summed E-state index contributed by atoms with van der Waals surface area (Å²) in [7, 11) is 0. The topological polar surface area (TPSA) is 192 Å². The minimum Gasteiger partial charge on any atom is -0.543 e. The molecule has 3 N–H and O–H groups in total. The van der Waals surface area contributed by atoms with Crippen LogP contribution in [0.1, 0.15) is 26.1 Å². The van der Waals surface area contributed by atoms with E-state index in [9.17, 15) is 29.4 Å². The molecule has 2 aromatic heterocycles. The van der Waals surface area contributed by atoms with Gasteiger partial charge in [-0.05, 0) is 13.8 Å². The van der Waals surface area contributed by atoms with Crippen LogP contribution in [0.3, 0.4) is 0 Å². The van der Waals surface area contributed by atoms with Crippen LogP contribution in [0.4, 0.5) is 5.13 Å². The van der Waals surface area contributed by atoms with Gasteiger partial charge in [0.2, 0.25) is 17.3 Å². The Kier molecular flexibility index (Phi) is 7.27. The van der Waals surface area contributed by atoms with Crippen molar-refractivity contribution in [2.75, 3.05) is 11.5 Å². The van der Waals surface area contributed by atoms with Gasteiger partial charge in [-0.1, -0.05) is 11.2 Å². The minimum absolute atomic E-state index is 0.0503. The number of carboxylic acids is 2. The first kappa shape index (κ1) is 26.2. The Morgan fingerprint density at radius 3 is 2.62 bits per heavy atom. The monoisotopic (exact) mass is 546 g/mol. The number of aromatic nitrogens is 3. The summed E-state index contributed by atoms with van der Waals surface area (Å²) in [6.07, 6.45) is 3.22. The Balaban J connectivity index is 1.55. The van der Waals surface area contributed by atoms with Crippen molar-refractivity contribution < 1.29 is 38.8 Å². The second-order valence-electron chi connectivity index (χ2n) is 8.73. The number of nitrogens with zero attached hydrogens (tertiary/aromatic N) is 5. The molecule has 4 rings (SSSR count). The smallest absolute Gasteiger partial charge is 0.350 e. The highest BCUT2D eigenvalue weighted by Gasteiger charge is 2.53. The average Bonchev–Trinajstić information content (AvgIpc) is 3.28. The van der Waals surface area contributed by atoms with E-state index in [0.717, 1.165) is 16.4 Å². The van der Waals surface area contributed by atoms with Crippen LogP contribution in [0.15, 0.2) is 47.0 Å². The molecule has 0 saturated carbocycles. The zero-order valence-corrected chi connectivity index (χ0v) is 21.3. The van der Waals surface area contributed by atoms with Crippen molar-refractivity contribution in [3.8, 4) is 0 Å². The molecule has 2 aliphatic rings. The van der Waals surface area contributed by atoms with Gasteiger partial charge in [0.05, 0.1) is 23.0 Å². The number of carbonyl (C=O) groups is 4. The molecule has 13 nitrogen and oxygen atoms in total. The van der Waals surface area contributed by atoms with Crippen LogP contribution in [0.25, 0.3) is 0 Å². The zero-order chi connectivity index (χ0) is 26.9. The zero-order valence-electron chi connectivity index (χ0n) is 19.7. The largest absolute Gasteiger partial charge is 0.543 e. The summed E-state index contributed by atoms with van der Waals surface area (Å²) in [5.74, 6) is -4.69. The van der Waals surface area contributed by atoms with Crippen LogP contribution in [0, 0.1) is 5.92 Å². The molecule has 1 saturated heterocycles. The van der Waals surface area contributed by atoms with Crippen LogP contribution in [-0.2, 0) is 30.6 Å². The lowest BCUT2D eigenvalue weighted by Gasteiger charge is -2.50. The molecular formula is C22H22N6O7S2. The number of nitrogen functional groups attached to an aromatic ring is 1.